The van der Waals surface area contributed by atoms with Crippen molar-refractivity contribution in [3.63, 3.8) is 0 Å². The largest absolute Gasteiger partial charge is 0.493 e. The van der Waals surface area contributed by atoms with Gasteiger partial charge in [-0.05, 0) is 36.2 Å². The van der Waals surface area contributed by atoms with E-state index in [2.05, 4.69) is 5.32 Å². The second-order valence-electron chi connectivity index (χ2n) is 5.54. The van der Waals surface area contributed by atoms with E-state index in [9.17, 15) is 9.18 Å². The minimum atomic E-state index is -0.317. The van der Waals surface area contributed by atoms with E-state index in [1.165, 1.54) is 12.1 Å². The van der Waals surface area contributed by atoms with Gasteiger partial charge in [0.2, 0.25) is 5.91 Å². The van der Waals surface area contributed by atoms with Crippen molar-refractivity contribution >= 4 is 5.91 Å². The number of aryl methyl sites for hydroxylation is 1. The summed E-state index contributed by atoms with van der Waals surface area (Å²) in [4.78, 5) is 12.3. The van der Waals surface area contributed by atoms with Crippen LogP contribution in [-0.2, 0) is 11.2 Å². The summed E-state index contributed by atoms with van der Waals surface area (Å²) in [6.07, 6.45) is 0.977. The van der Waals surface area contributed by atoms with Crippen LogP contribution < -0.4 is 10.1 Å². The van der Waals surface area contributed by atoms with Gasteiger partial charge in [-0.15, -0.1) is 0 Å². The van der Waals surface area contributed by atoms with Crippen molar-refractivity contribution in [1.82, 2.24) is 5.32 Å². The first-order valence-corrected chi connectivity index (χ1v) is 7.39. The number of hydrogen-bond donors (Lipinski definition) is 1. The van der Waals surface area contributed by atoms with Crippen LogP contribution in [0.15, 0.2) is 42.5 Å². The van der Waals surface area contributed by atoms with Gasteiger partial charge in [0.05, 0.1) is 19.1 Å². The van der Waals surface area contributed by atoms with E-state index in [1.807, 2.05) is 31.2 Å². The fourth-order valence-corrected chi connectivity index (χ4v) is 2.74. The topological polar surface area (TPSA) is 38.3 Å². The van der Waals surface area contributed by atoms with E-state index < -0.39 is 0 Å². The first kappa shape index (κ1) is 14.6. The van der Waals surface area contributed by atoms with Crippen molar-refractivity contribution in [2.75, 3.05) is 6.61 Å². The summed E-state index contributed by atoms with van der Waals surface area (Å²) in [6.45, 7) is 2.51. The summed E-state index contributed by atoms with van der Waals surface area (Å²) >= 11 is 0. The molecule has 2 aromatic carbocycles. The van der Waals surface area contributed by atoms with Crippen molar-refractivity contribution in [2.45, 2.75) is 25.8 Å². The van der Waals surface area contributed by atoms with Crippen LogP contribution in [0.2, 0.25) is 0 Å². The molecule has 1 unspecified atom stereocenters. The van der Waals surface area contributed by atoms with E-state index >= 15 is 0 Å². The molecule has 0 bridgehead atoms. The summed E-state index contributed by atoms with van der Waals surface area (Å²) in [5, 5.41) is 2.99. The molecule has 3 nitrogen and oxygen atoms in total. The van der Waals surface area contributed by atoms with Crippen LogP contribution in [0.4, 0.5) is 4.39 Å². The van der Waals surface area contributed by atoms with Gasteiger partial charge in [0, 0.05) is 12.0 Å². The number of rotatable bonds is 3. The van der Waals surface area contributed by atoms with E-state index in [-0.39, 0.29) is 17.8 Å². The van der Waals surface area contributed by atoms with Crippen molar-refractivity contribution in [2.24, 2.45) is 0 Å². The minimum absolute atomic E-state index is 0.0589. The Kier molecular flexibility index (Phi) is 4.09. The summed E-state index contributed by atoms with van der Waals surface area (Å²) < 4.78 is 18.9. The maximum absolute atomic E-state index is 13.4. The summed E-state index contributed by atoms with van der Waals surface area (Å²) in [5.41, 5.74) is 2.81. The highest BCUT2D eigenvalue weighted by atomic mass is 19.1. The minimum Gasteiger partial charge on any atom is -0.493 e. The second-order valence-corrected chi connectivity index (χ2v) is 5.54. The van der Waals surface area contributed by atoms with E-state index in [4.69, 9.17) is 4.74 Å². The molecule has 22 heavy (non-hydrogen) atoms. The molecule has 1 amide bonds. The molecule has 0 saturated heterocycles. The quantitative estimate of drug-likeness (QED) is 0.944. The first-order chi connectivity index (χ1) is 10.6. The van der Waals surface area contributed by atoms with Gasteiger partial charge in [-0.3, -0.25) is 4.79 Å². The third-order valence-corrected chi connectivity index (χ3v) is 3.96. The summed E-state index contributed by atoms with van der Waals surface area (Å²) in [7, 11) is 0. The second kappa shape index (κ2) is 6.18. The third kappa shape index (κ3) is 3.11. The van der Waals surface area contributed by atoms with Crippen molar-refractivity contribution < 1.29 is 13.9 Å². The number of nitrogens with one attached hydrogen (secondary N) is 1. The molecule has 2 aromatic rings. The molecule has 0 radical (unpaired) electrons. The highest BCUT2D eigenvalue weighted by Crippen LogP contribution is 2.32. The molecule has 0 saturated carbocycles. The van der Waals surface area contributed by atoms with E-state index in [1.54, 1.807) is 6.07 Å². The Labute approximate surface area is 129 Å². The van der Waals surface area contributed by atoms with Gasteiger partial charge < -0.3 is 10.1 Å². The van der Waals surface area contributed by atoms with Crippen LogP contribution >= 0.6 is 0 Å². The van der Waals surface area contributed by atoms with Crippen LogP contribution in [0.1, 0.15) is 29.2 Å². The molecule has 4 heteroatoms. The average Bonchev–Trinajstić information content (AvgIpc) is 2.50. The predicted octanol–water partition coefficient (Wildman–Crippen LogP) is 3.32. The summed E-state index contributed by atoms with van der Waals surface area (Å²) in [6, 6.07) is 12.0. The van der Waals surface area contributed by atoms with Crippen LogP contribution in [0.3, 0.4) is 0 Å². The van der Waals surface area contributed by atoms with Crippen molar-refractivity contribution in [1.29, 1.82) is 0 Å². The van der Waals surface area contributed by atoms with Gasteiger partial charge in [-0.2, -0.15) is 0 Å². The van der Waals surface area contributed by atoms with E-state index in [0.717, 1.165) is 11.1 Å². The Bertz CT molecular complexity index is 699. The highest BCUT2D eigenvalue weighted by molar-refractivity contribution is 5.79. The lowest BCUT2D eigenvalue weighted by Gasteiger charge is -2.26. The number of halogens is 1. The molecule has 1 aliphatic heterocycles. The Hall–Kier alpha value is -2.36. The van der Waals surface area contributed by atoms with Gasteiger partial charge in [0.25, 0.3) is 0 Å². The number of hydrogen-bond acceptors (Lipinski definition) is 2. The molecular formula is C18H18FNO2. The third-order valence-electron chi connectivity index (χ3n) is 3.96. The van der Waals surface area contributed by atoms with Gasteiger partial charge >= 0.3 is 0 Å². The highest BCUT2D eigenvalue weighted by Gasteiger charge is 2.23. The predicted molar refractivity (Wildman–Crippen MR) is 82.3 cm³/mol. The lowest BCUT2D eigenvalue weighted by Crippen LogP contribution is -2.33. The molecule has 0 fully saturated rings. The van der Waals surface area contributed by atoms with Crippen molar-refractivity contribution in [3.05, 3.63) is 65.0 Å². The van der Waals surface area contributed by atoms with Crippen LogP contribution in [-0.4, -0.2) is 12.5 Å². The van der Waals surface area contributed by atoms with Gasteiger partial charge in [-0.25, -0.2) is 4.39 Å². The van der Waals surface area contributed by atoms with E-state index in [0.29, 0.717) is 30.8 Å². The molecule has 0 spiro atoms. The van der Waals surface area contributed by atoms with Gasteiger partial charge in [0.1, 0.15) is 11.6 Å². The first-order valence-electron chi connectivity index (χ1n) is 7.39. The van der Waals surface area contributed by atoms with Gasteiger partial charge in [-0.1, -0.05) is 24.3 Å². The summed E-state index contributed by atoms with van der Waals surface area (Å²) in [5.74, 6) is 0.271. The zero-order valence-corrected chi connectivity index (χ0v) is 12.4. The zero-order valence-electron chi connectivity index (χ0n) is 12.4. The number of fused-ring (bicyclic) bond motifs is 1. The molecule has 1 N–H and O–H groups in total. The SMILES string of the molecule is Cc1ccccc1CC(=O)NC1CCOc2ccc(F)cc21. The van der Waals surface area contributed by atoms with Gasteiger partial charge in [0.15, 0.2) is 0 Å². The number of amides is 1. The Morgan fingerprint density at radius 1 is 1.32 bits per heavy atom. The molecule has 1 aliphatic rings. The number of carbonyl (C=O) groups is 1. The smallest absolute Gasteiger partial charge is 0.224 e. The fraction of sp³-hybridized carbons (Fsp3) is 0.278. The molecule has 3 rings (SSSR count). The average molecular weight is 299 g/mol. The van der Waals surface area contributed by atoms with Crippen LogP contribution in [0.5, 0.6) is 5.75 Å². The zero-order chi connectivity index (χ0) is 15.5. The molecule has 0 aromatic heterocycles. The lowest BCUT2D eigenvalue weighted by molar-refractivity contribution is -0.121. The maximum atomic E-state index is 13.4. The standard InChI is InChI=1S/C18H18FNO2/c1-12-4-2-3-5-13(12)10-18(21)20-16-8-9-22-17-7-6-14(19)11-15(16)17/h2-7,11,16H,8-10H2,1H3,(H,20,21). The van der Waals surface area contributed by atoms with Crippen LogP contribution in [0.25, 0.3) is 0 Å². The molecular weight excluding hydrogens is 281 g/mol. The number of carbonyl (C=O) groups excluding carboxylic acids is 1. The Balaban J connectivity index is 1.73. The fourth-order valence-electron chi connectivity index (χ4n) is 2.74. The molecule has 1 atom stereocenters. The lowest BCUT2D eigenvalue weighted by atomic mass is 9.99. The molecule has 114 valence electrons. The Morgan fingerprint density at radius 3 is 2.95 bits per heavy atom. The monoisotopic (exact) mass is 299 g/mol. The number of ether oxygens (including phenoxy) is 1. The Morgan fingerprint density at radius 2 is 2.14 bits per heavy atom. The normalized spacial score (nSPS) is 16.5. The molecule has 1 heterocycles. The number of benzene rings is 2. The van der Waals surface area contributed by atoms with Crippen LogP contribution in [0, 0.1) is 12.7 Å². The van der Waals surface area contributed by atoms with Crippen molar-refractivity contribution in [3.8, 4) is 5.75 Å². The maximum Gasteiger partial charge on any atom is 0.224 e. The molecule has 0 aliphatic carbocycles.